The van der Waals surface area contributed by atoms with Crippen LogP contribution in [0.2, 0.25) is 0 Å². The first-order valence-corrected chi connectivity index (χ1v) is 12.9. The summed E-state index contributed by atoms with van der Waals surface area (Å²) < 4.78 is 93.4. The molecule has 1 fully saturated rings. The zero-order chi connectivity index (χ0) is 31.6. The van der Waals surface area contributed by atoms with Crippen molar-refractivity contribution < 1.29 is 45.4 Å². The average molecular weight is 614 g/mol. The molecule has 0 unspecified atom stereocenters. The normalized spacial score (nSPS) is 14.9. The van der Waals surface area contributed by atoms with E-state index in [-0.39, 0.29) is 30.9 Å². The maximum Gasteiger partial charge on any atom is 0.430 e. The zero-order valence-electron chi connectivity index (χ0n) is 22.6. The third kappa shape index (κ3) is 7.05. The number of pyridine rings is 1. The smallest absolute Gasteiger partial charge is 0.369 e. The quantitative estimate of drug-likeness (QED) is 0.322. The lowest BCUT2D eigenvalue weighted by Gasteiger charge is -2.35. The summed E-state index contributed by atoms with van der Waals surface area (Å²) in [6, 6.07) is 9.47. The molecule has 4 rings (SSSR count). The molecule has 0 aliphatic carbocycles. The molecule has 1 aromatic heterocycles. The third-order valence-corrected chi connectivity index (χ3v) is 6.88. The van der Waals surface area contributed by atoms with Gasteiger partial charge >= 0.3 is 18.4 Å². The van der Waals surface area contributed by atoms with Gasteiger partial charge in [-0.15, -0.1) is 0 Å². The van der Waals surface area contributed by atoms with Gasteiger partial charge in [0.2, 0.25) is 0 Å². The summed E-state index contributed by atoms with van der Waals surface area (Å²) in [5.74, 6) is -1.28. The monoisotopic (exact) mass is 613 g/mol. The van der Waals surface area contributed by atoms with Crippen LogP contribution in [0, 0.1) is 12.7 Å². The Morgan fingerprint density at radius 1 is 0.884 bits per heavy atom. The van der Waals surface area contributed by atoms with Gasteiger partial charge < -0.3 is 20.6 Å². The minimum absolute atomic E-state index is 0.0547. The summed E-state index contributed by atoms with van der Waals surface area (Å²) in [7, 11) is 0. The SMILES string of the molecule is Cc1cc(NC(=O)Nc2ccc(C(=O)N3CCN(Cc4ccc(C(O)(C(F)(F)F)C(F)(F)F)cc4)CC3)cc2F)ccn1. The molecule has 8 nitrogen and oxygen atoms in total. The number of aryl methyl sites for hydroxylation is 1. The second-order valence-electron chi connectivity index (χ2n) is 9.93. The maximum atomic E-state index is 14.7. The summed E-state index contributed by atoms with van der Waals surface area (Å²) in [6.07, 6.45) is -10.4. The second-order valence-corrected chi connectivity index (χ2v) is 9.93. The predicted octanol–water partition coefficient (Wildman–Crippen LogP) is 5.44. The largest absolute Gasteiger partial charge is 0.430 e. The number of aliphatic hydroxyl groups is 1. The van der Waals surface area contributed by atoms with Crippen LogP contribution in [0.25, 0.3) is 0 Å². The predicted molar refractivity (Wildman–Crippen MR) is 142 cm³/mol. The molecule has 1 aliphatic rings. The summed E-state index contributed by atoms with van der Waals surface area (Å²) in [6.45, 7) is 3.04. The standard InChI is InChI=1S/C28H26F7N5O3/c1-17-14-21(8-9-36-17)37-25(42)38-23-7-4-19(15-22(23)29)24(41)40-12-10-39(11-13-40)16-18-2-5-20(6-3-18)26(43,27(30,31)32)28(33,34)35/h2-9,14-15,43H,10-13,16H2,1H3,(H2,36,37,38,42). The second kappa shape index (κ2) is 12.2. The van der Waals surface area contributed by atoms with E-state index in [0.717, 1.165) is 18.2 Å². The van der Waals surface area contributed by atoms with Gasteiger partial charge in [-0.05, 0) is 42.8 Å². The number of alkyl halides is 6. The van der Waals surface area contributed by atoms with Crippen LogP contribution >= 0.6 is 0 Å². The van der Waals surface area contributed by atoms with Crippen LogP contribution in [0.1, 0.15) is 27.2 Å². The van der Waals surface area contributed by atoms with Gasteiger partial charge in [-0.1, -0.05) is 24.3 Å². The van der Waals surface area contributed by atoms with Gasteiger partial charge in [-0.3, -0.25) is 14.7 Å². The number of nitrogens with one attached hydrogen (secondary N) is 2. The maximum absolute atomic E-state index is 14.7. The van der Waals surface area contributed by atoms with Crippen LogP contribution in [-0.4, -0.2) is 70.4 Å². The fourth-order valence-corrected chi connectivity index (χ4v) is 4.55. The van der Waals surface area contributed by atoms with Crippen molar-refractivity contribution in [2.24, 2.45) is 0 Å². The number of hydrogen-bond acceptors (Lipinski definition) is 5. The van der Waals surface area contributed by atoms with Crippen molar-refractivity contribution in [3.63, 3.8) is 0 Å². The number of anilines is 2. The Hall–Kier alpha value is -4.24. The lowest BCUT2D eigenvalue weighted by atomic mass is 9.91. The fourth-order valence-electron chi connectivity index (χ4n) is 4.55. The highest BCUT2D eigenvalue weighted by Gasteiger charge is 2.71. The number of urea groups is 1. The van der Waals surface area contributed by atoms with Gasteiger partial charge in [0, 0.05) is 61.4 Å². The highest BCUT2D eigenvalue weighted by atomic mass is 19.4. The first kappa shape index (κ1) is 31.7. The van der Waals surface area contributed by atoms with Crippen LogP contribution in [0.4, 0.5) is 46.9 Å². The average Bonchev–Trinajstić information content (AvgIpc) is 2.93. The molecule has 1 saturated heterocycles. The van der Waals surface area contributed by atoms with Gasteiger partial charge in [-0.2, -0.15) is 26.3 Å². The molecule has 2 aromatic carbocycles. The lowest BCUT2D eigenvalue weighted by molar-refractivity contribution is -0.376. The minimum atomic E-state index is -5.97. The van der Waals surface area contributed by atoms with Crippen molar-refractivity contribution >= 4 is 23.3 Å². The number of halogens is 7. The van der Waals surface area contributed by atoms with E-state index in [4.69, 9.17) is 0 Å². The van der Waals surface area contributed by atoms with Gasteiger partial charge in [-0.25, -0.2) is 9.18 Å². The van der Waals surface area contributed by atoms with Gasteiger partial charge in [0.15, 0.2) is 0 Å². The van der Waals surface area contributed by atoms with E-state index < -0.39 is 41.3 Å². The van der Waals surface area contributed by atoms with Crippen molar-refractivity contribution in [2.75, 3.05) is 36.8 Å². The molecule has 3 aromatic rings. The Morgan fingerprint density at radius 3 is 2.07 bits per heavy atom. The van der Waals surface area contributed by atoms with E-state index in [1.54, 1.807) is 19.1 Å². The molecule has 1 aliphatic heterocycles. The number of benzene rings is 2. The van der Waals surface area contributed by atoms with Crippen molar-refractivity contribution in [1.29, 1.82) is 0 Å². The first-order chi connectivity index (χ1) is 20.1. The van der Waals surface area contributed by atoms with Crippen molar-refractivity contribution in [1.82, 2.24) is 14.8 Å². The Morgan fingerprint density at radius 2 is 1.51 bits per heavy atom. The van der Waals surface area contributed by atoms with Crippen LogP contribution in [0.15, 0.2) is 60.8 Å². The van der Waals surface area contributed by atoms with Crippen LogP contribution in [0.3, 0.4) is 0 Å². The van der Waals surface area contributed by atoms with Gasteiger partial charge in [0.05, 0.1) is 5.69 Å². The molecular weight excluding hydrogens is 587 g/mol. The molecule has 0 atom stereocenters. The topological polar surface area (TPSA) is 97.8 Å². The van der Waals surface area contributed by atoms with Crippen molar-refractivity contribution in [3.05, 3.63) is 89.0 Å². The number of nitrogens with zero attached hydrogens (tertiary/aromatic N) is 3. The molecule has 15 heteroatoms. The van der Waals surface area contributed by atoms with Crippen LogP contribution in [0.5, 0.6) is 0 Å². The number of hydrogen-bond donors (Lipinski definition) is 3. The molecule has 3 N–H and O–H groups in total. The Balaban J connectivity index is 1.32. The summed E-state index contributed by atoms with van der Waals surface area (Å²) in [4.78, 5) is 32.5. The highest BCUT2D eigenvalue weighted by molar-refractivity contribution is 6.00. The summed E-state index contributed by atoms with van der Waals surface area (Å²) >= 11 is 0. The minimum Gasteiger partial charge on any atom is -0.369 e. The van der Waals surface area contributed by atoms with Crippen LogP contribution in [-0.2, 0) is 12.1 Å². The molecular formula is C28H26F7N5O3. The molecule has 0 saturated carbocycles. The van der Waals surface area contributed by atoms with Crippen LogP contribution < -0.4 is 10.6 Å². The molecule has 230 valence electrons. The molecule has 43 heavy (non-hydrogen) atoms. The molecule has 3 amide bonds. The Bertz CT molecular complexity index is 1460. The van der Waals surface area contributed by atoms with Gasteiger partial charge in [0.1, 0.15) is 5.82 Å². The van der Waals surface area contributed by atoms with Crippen molar-refractivity contribution in [2.45, 2.75) is 31.4 Å². The highest BCUT2D eigenvalue weighted by Crippen LogP contribution is 2.50. The molecule has 0 radical (unpaired) electrons. The number of carbonyl (C=O) groups is 2. The first-order valence-electron chi connectivity index (χ1n) is 12.9. The van der Waals surface area contributed by atoms with Gasteiger partial charge in [0.25, 0.3) is 11.5 Å². The molecule has 2 heterocycles. The van der Waals surface area contributed by atoms with E-state index in [0.29, 0.717) is 42.2 Å². The number of amides is 3. The number of carbonyl (C=O) groups excluding carboxylic acids is 2. The fraction of sp³-hybridized carbons (Fsp3) is 0.321. The molecule has 0 bridgehead atoms. The third-order valence-electron chi connectivity index (χ3n) is 6.88. The number of piperazine rings is 1. The van der Waals surface area contributed by atoms with E-state index in [1.807, 2.05) is 4.90 Å². The number of rotatable bonds is 6. The van der Waals surface area contributed by atoms with Crippen molar-refractivity contribution in [3.8, 4) is 0 Å². The van der Waals surface area contributed by atoms with E-state index in [1.165, 1.54) is 23.2 Å². The lowest BCUT2D eigenvalue weighted by Crippen LogP contribution is -2.53. The van der Waals surface area contributed by atoms with E-state index in [2.05, 4.69) is 15.6 Å². The van der Waals surface area contributed by atoms with E-state index >= 15 is 0 Å². The zero-order valence-corrected chi connectivity index (χ0v) is 22.6. The Kier molecular flexibility index (Phi) is 8.97. The summed E-state index contributed by atoms with van der Waals surface area (Å²) in [5.41, 5.74) is -4.88. The number of aromatic nitrogens is 1. The van der Waals surface area contributed by atoms with E-state index in [9.17, 15) is 45.4 Å². The Labute approximate surface area is 241 Å². The molecule has 0 spiro atoms. The summed E-state index contributed by atoms with van der Waals surface area (Å²) in [5, 5.41) is 14.5.